The lowest BCUT2D eigenvalue weighted by Gasteiger charge is -2.19. The zero-order valence-corrected chi connectivity index (χ0v) is 20.3. The molecule has 1 saturated heterocycles. The van der Waals surface area contributed by atoms with Crippen molar-refractivity contribution in [1.29, 1.82) is 0 Å². The van der Waals surface area contributed by atoms with Crippen molar-refractivity contribution >= 4 is 17.9 Å². The number of esters is 1. The molecule has 9 heteroatoms. The van der Waals surface area contributed by atoms with Crippen molar-refractivity contribution in [3.05, 3.63) is 108 Å². The number of quaternary nitrogens is 2. The van der Waals surface area contributed by atoms with Gasteiger partial charge in [-0.15, -0.1) is 0 Å². The van der Waals surface area contributed by atoms with Crippen LogP contribution in [0.3, 0.4) is 0 Å². The summed E-state index contributed by atoms with van der Waals surface area (Å²) in [6, 6.07) is 30.1. The van der Waals surface area contributed by atoms with Gasteiger partial charge in [-0.1, -0.05) is 78.9 Å². The third-order valence-corrected chi connectivity index (χ3v) is 5.88. The maximum Gasteiger partial charge on any atom is 0.338 e. The molecule has 194 valence electrons. The molecule has 0 amide bonds. The monoisotopic (exact) mass is 506 g/mol. The zero-order chi connectivity index (χ0) is 26.5. The smallest absolute Gasteiger partial charge is 0.338 e. The van der Waals surface area contributed by atoms with Crippen molar-refractivity contribution in [3.8, 4) is 0 Å². The van der Waals surface area contributed by atoms with Gasteiger partial charge in [0.2, 0.25) is 0 Å². The van der Waals surface area contributed by atoms with Gasteiger partial charge < -0.3 is 29.4 Å². The number of nitrogens with two attached hydrogens (primary N) is 1. The van der Waals surface area contributed by atoms with Gasteiger partial charge in [-0.3, -0.25) is 0 Å². The minimum absolute atomic E-state index is 0.0376. The minimum atomic E-state index is -2.19. The summed E-state index contributed by atoms with van der Waals surface area (Å²) in [4.78, 5) is 37.6. The predicted octanol–water partition coefficient (Wildman–Crippen LogP) is -1.58. The topological polar surface area (TPSA) is 137 Å². The van der Waals surface area contributed by atoms with E-state index in [0.29, 0.717) is 12.2 Å². The molecular formula is C28H30N2O7. The fourth-order valence-electron chi connectivity index (χ4n) is 4.06. The van der Waals surface area contributed by atoms with Crippen LogP contribution >= 0.6 is 0 Å². The van der Waals surface area contributed by atoms with E-state index in [4.69, 9.17) is 29.4 Å². The molecule has 0 radical (unpaired) electrons. The number of carboxylic acids is 2. The maximum absolute atomic E-state index is 12.4. The highest BCUT2D eigenvalue weighted by Crippen LogP contribution is 2.10. The number of carboxylic acid groups (broad SMARTS) is 2. The first-order chi connectivity index (χ1) is 17.9. The van der Waals surface area contributed by atoms with Gasteiger partial charge >= 0.3 is 5.97 Å². The molecule has 1 unspecified atom stereocenters. The highest BCUT2D eigenvalue weighted by Gasteiger charge is 2.33. The standard InChI is InChI=1S/C26H28N2O3.C2H2O4/c29-26(23-14-8-3-9-15-23)31-24-16-17-28(18-24)19-25(22-12-6-2-7-13-22)27-30-20-21-10-4-1-5-11-21;3-1(4)2(5)6/h1-15,24-25,27H,16-20H2;(H,3,4)(H,5,6)/t24-,25+;/m0./s1. The number of rotatable bonds is 9. The molecule has 9 nitrogen and oxygen atoms in total. The van der Waals surface area contributed by atoms with Crippen molar-refractivity contribution in [2.24, 2.45) is 0 Å². The first kappa shape index (κ1) is 27.5. The third kappa shape index (κ3) is 9.49. The van der Waals surface area contributed by atoms with Gasteiger partial charge in [0.1, 0.15) is 19.7 Å². The van der Waals surface area contributed by atoms with Gasteiger partial charge in [-0.05, 0) is 17.7 Å². The number of hydrogen-bond acceptors (Lipinski definition) is 7. The summed E-state index contributed by atoms with van der Waals surface area (Å²) in [7, 11) is 0. The second-order valence-electron chi connectivity index (χ2n) is 8.62. The molecule has 3 aromatic carbocycles. The fraction of sp³-hybridized carbons (Fsp3) is 0.250. The van der Waals surface area contributed by atoms with Crippen LogP contribution in [-0.4, -0.2) is 43.6 Å². The summed E-state index contributed by atoms with van der Waals surface area (Å²) in [6.07, 6.45) is 0.852. The van der Waals surface area contributed by atoms with Crippen LogP contribution in [0.25, 0.3) is 0 Å². The summed E-state index contributed by atoms with van der Waals surface area (Å²) < 4.78 is 5.75. The highest BCUT2D eigenvalue weighted by molar-refractivity contribution is 6.25. The van der Waals surface area contributed by atoms with E-state index >= 15 is 0 Å². The van der Waals surface area contributed by atoms with Crippen LogP contribution < -0.4 is 20.6 Å². The van der Waals surface area contributed by atoms with Gasteiger partial charge in [0.05, 0.1) is 24.0 Å². The summed E-state index contributed by atoms with van der Waals surface area (Å²) in [5.41, 5.74) is 4.99. The van der Waals surface area contributed by atoms with Gasteiger partial charge in [0.25, 0.3) is 0 Å². The quantitative estimate of drug-likeness (QED) is 0.203. The predicted molar refractivity (Wildman–Crippen MR) is 128 cm³/mol. The Morgan fingerprint density at radius 1 is 0.865 bits per heavy atom. The molecule has 3 N–H and O–H groups in total. The van der Waals surface area contributed by atoms with Crippen LogP contribution in [0.2, 0.25) is 0 Å². The Morgan fingerprint density at radius 2 is 1.43 bits per heavy atom. The van der Waals surface area contributed by atoms with Crippen molar-refractivity contribution in [2.75, 3.05) is 19.6 Å². The van der Waals surface area contributed by atoms with Gasteiger partial charge in [0, 0.05) is 12.0 Å². The van der Waals surface area contributed by atoms with E-state index in [1.165, 1.54) is 10.5 Å². The molecule has 0 aromatic heterocycles. The molecule has 1 aliphatic heterocycles. The molecule has 3 aromatic rings. The van der Waals surface area contributed by atoms with E-state index in [0.717, 1.165) is 31.6 Å². The lowest BCUT2D eigenvalue weighted by Crippen LogP contribution is -3.13. The number of ether oxygens (including phenoxy) is 1. The van der Waals surface area contributed by atoms with Crippen LogP contribution in [0.15, 0.2) is 91.0 Å². The molecule has 4 rings (SSSR count). The lowest BCUT2D eigenvalue weighted by atomic mass is 10.1. The molecule has 0 bridgehead atoms. The molecule has 1 aliphatic rings. The molecule has 3 atom stereocenters. The van der Waals surface area contributed by atoms with Crippen LogP contribution in [0, 0.1) is 0 Å². The second kappa shape index (κ2) is 14.5. The largest absolute Gasteiger partial charge is 0.543 e. The van der Waals surface area contributed by atoms with E-state index in [9.17, 15) is 4.79 Å². The molecule has 0 spiro atoms. The average molecular weight is 507 g/mol. The highest BCUT2D eigenvalue weighted by atomic mass is 16.6. The Balaban J connectivity index is 0.000000568. The Morgan fingerprint density at radius 3 is 2.03 bits per heavy atom. The molecule has 1 heterocycles. The van der Waals surface area contributed by atoms with E-state index in [1.54, 1.807) is 12.1 Å². The number of hydrogen-bond donors (Lipinski definition) is 2. The third-order valence-electron chi connectivity index (χ3n) is 5.88. The van der Waals surface area contributed by atoms with Crippen LogP contribution in [0.4, 0.5) is 0 Å². The Bertz CT molecular complexity index is 1120. The van der Waals surface area contributed by atoms with Gasteiger partial charge in [-0.2, -0.15) is 5.48 Å². The van der Waals surface area contributed by atoms with Crippen molar-refractivity contribution in [2.45, 2.75) is 25.2 Å². The summed E-state index contributed by atoms with van der Waals surface area (Å²) in [5, 5.41) is 17.9. The van der Waals surface area contributed by atoms with Gasteiger partial charge in [-0.25, -0.2) is 9.63 Å². The van der Waals surface area contributed by atoms with Crippen LogP contribution in [0.1, 0.15) is 33.9 Å². The van der Waals surface area contributed by atoms with E-state index < -0.39 is 11.9 Å². The number of hydroxylamine groups is 1. The zero-order valence-electron chi connectivity index (χ0n) is 20.3. The van der Waals surface area contributed by atoms with Crippen LogP contribution in [0.5, 0.6) is 0 Å². The first-order valence-electron chi connectivity index (χ1n) is 12.0. The molecule has 0 saturated carbocycles. The summed E-state index contributed by atoms with van der Waals surface area (Å²) >= 11 is 0. The summed E-state index contributed by atoms with van der Waals surface area (Å²) in [5.74, 6) is -4.60. The van der Waals surface area contributed by atoms with Crippen molar-refractivity contribution in [1.82, 2.24) is 0 Å². The van der Waals surface area contributed by atoms with E-state index in [1.807, 2.05) is 47.9 Å². The minimum Gasteiger partial charge on any atom is -0.543 e. The van der Waals surface area contributed by atoms with E-state index in [-0.39, 0.29) is 18.1 Å². The van der Waals surface area contributed by atoms with Crippen molar-refractivity contribution < 1.29 is 44.6 Å². The average Bonchev–Trinajstić information content (AvgIpc) is 3.36. The van der Waals surface area contributed by atoms with E-state index in [2.05, 4.69) is 36.4 Å². The Labute approximate surface area is 215 Å². The molecule has 0 aliphatic carbocycles. The number of carbonyl (C=O) groups excluding carboxylic acids is 3. The number of aliphatic carboxylic acids is 2. The Hall–Kier alpha value is -4.05. The summed E-state index contributed by atoms with van der Waals surface area (Å²) in [6.45, 7) is 3.30. The molecule has 1 fully saturated rings. The first-order valence-corrected chi connectivity index (χ1v) is 12.0. The van der Waals surface area contributed by atoms with Gasteiger partial charge in [0.15, 0.2) is 12.1 Å². The number of benzene rings is 3. The Kier molecular flexibility index (Phi) is 10.8. The fourth-order valence-corrected chi connectivity index (χ4v) is 4.06. The maximum atomic E-state index is 12.4. The number of nitrogens with one attached hydrogen (secondary N) is 1. The SMILES string of the molecule is O=C(O[C@H]1CC[NH+](C[C@@H]([NH2+]OCc2ccccc2)c2ccccc2)C1)c1ccccc1.O=C([O-])C(=O)[O-]. The van der Waals surface area contributed by atoms with Crippen LogP contribution in [-0.2, 0) is 25.8 Å². The number of likely N-dealkylation sites (tertiary alicyclic amines) is 1. The van der Waals surface area contributed by atoms with Crippen molar-refractivity contribution in [3.63, 3.8) is 0 Å². The molecule has 37 heavy (non-hydrogen) atoms. The number of carbonyl (C=O) groups is 3. The normalized spacial score (nSPS) is 17.2. The molecular weight excluding hydrogens is 476 g/mol. The second-order valence-corrected chi connectivity index (χ2v) is 8.62. The lowest BCUT2D eigenvalue weighted by molar-refractivity contribution is -0.972.